The molecule has 0 spiro atoms. The number of likely N-dealkylation sites (tertiary alicyclic amines) is 1. The van der Waals surface area contributed by atoms with E-state index in [0.717, 1.165) is 25.3 Å². The first-order valence-electron chi connectivity index (χ1n) is 8.33. The summed E-state index contributed by atoms with van der Waals surface area (Å²) >= 11 is 0. The van der Waals surface area contributed by atoms with E-state index < -0.39 is 10.0 Å². The third kappa shape index (κ3) is 4.91. The van der Waals surface area contributed by atoms with Crippen molar-refractivity contribution in [1.29, 1.82) is 0 Å². The standard InChI is InChI=1S/C15H31N3O2S/c1-4-17-9-5-6-14(12-17)13(2)16-15-7-10-18(11-8-15)21(3,19)20/h13-16H,4-12H2,1-3H3. The van der Waals surface area contributed by atoms with Crippen molar-refractivity contribution in [1.82, 2.24) is 14.5 Å². The minimum Gasteiger partial charge on any atom is -0.311 e. The summed E-state index contributed by atoms with van der Waals surface area (Å²) in [6.07, 6.45) is 5.79. The van der Waals surface area contributed by atoms with Crippen molar-refractivity contribution in [2.24, 2.45) is 5.92 Å². The quantitative estimate of drug-likeness (QED) is 0.826. The van der Waals surface area contributed by atoms with Crippen molar-refractivity contribution in [3.8, 4) is 0 Å². The summed E-state index contributed by atoms with van der Waals surface area (Å²) in [7, 11) is -3.01. The fraction of sp³-hybridized carbons (Fsp3) is 1.00. The van der Waals surface area contributed by atoms with Crippen LogP contribution >= 0.6 is 0 Å². The zero-order valence-electron chi connectivity index (χ0n) is 13.7. The number of sulfonamides is 1. The van der Waals surface area contributed by atoms with Crippen molar-refractivity contribution in [3.05, 3.63) is 0 Å². The summed E-state index contributed by atoms with van der Waals surface area (Å²) in [6, 6.07) is 0.990. The first-order chi connectivity index (χ1) is 9.90. The summed E-state index contributed by atoms with van der Waals surface area (Å²) < 4.78 is 24.7. The van der Waals surface area contributed by atoms with Crippen LogP contribution in [0, 0.1) is 5.92 Å². The van der Waals surface area contributed by atoms with Gasteiger partial charge in [-0.2, -0.15) is 0 Å². The Morgan fingerprint density at radius 3 is 2.43 bits per heavy atom. The molecule has 2 heterocycles. The van der Waals surface area contributed by atoms with E-state index in [4.69, 9.17) is 0 Å². The molecule has 1 N–H and O–H groups in total. The first kappa shape index (κ1) is 17.2. The van der Waals surface area contributed by atoms with Gasteiger partial charge in [0.1, 0.15) is 0 Å². The Balaban J connectivity index is 1.77. The Labute approximate surface area is 130 Å². The normalized spacial score (nSPS) is 28.6. The maximum absolute atomic E-state index is 11.5. The van der Waals surface area contributed by atoms with Crippen LogP contribution in [0.3, 0.4) is 0 Å². The number of nitrogens with zero attached hydrogens (tertiary/aromatic N) is 2. The lowest BCUT2D eigenvalue weighted by Gasteiger charge is -2.38. The summed E-state index contributed by atoms with van der Waals surface area (Å²) in [5.41, 5.74) is 0. The van der Waals surface area contributed by atoms with Crippen LogP contribution in [0.4, 0.5) is 0 Å². The molecular weight excluding hydrogens is 286 g/mol. The predicted octanol–water partition coefficient (Wildman–Crippen LogP) is 1.12. The molecule has 0 radical (unpaired) electrons. The minimum absolute atomic E-state index is 0.468. The van der Waals surface area contributed by atoms with Crippen LogP contribution in [0.5, 0.6) is 0 Å². The van der Waals surface area contributed by atoms with Gasteiger partial charge in [0.25, 0.3) is 0 Å². The zero-order chi connectivity index (χ0) is 15.5. The maximum atomic E-state index is 11.5. The third-order valence-corrected chi connectivity index (χ3v) is 6.42. The van der Waals surface area contributed by atoms with Gasteiger partial charge >= 0.3 is 0 Å². The average molecular weight is 317 g/mol. The lowest BCUT2D eigenvalue weighted by atomic mass is 9.90. The molecule has 124 valence electrons. The Hall–Kier alpha value is -0.170. The fourth-order valence-electron chi connectivity index (χ4n) is 3.65. The van der Waals surface area contributed by atoms with Crippen LogP contribution in [-0.2, 0) is 10.0 Å². The molecule has 0 amide bonds. The van der Waals surface area contributed by atoms with E-state index >= 15 is 0 Å². The molecule has 2 atom stereocenters. The third-order valence-electron chi connectivity index (χ3n) is 5.12. The maximum Gasteiger partial charge on any atom is 0.211 e. The van der Waals surface area contributed by atoms with Gasteiger partial charge in [0, 0.05) is 31.7 Å². The van der Waals surface area contributed by atoms with Crippen LogP contribution in [0.15, 0.2) is 0 Å². The highest BCUT2D eigenvalue weighted by Gasteiger charge is 2.29. The van der Waals surface area contributed by atoms with Gasteiger partial charge in [0.05, 0.1) is 6.26 Å². The predicted molar refractivity (Wildman–Crippen MR) is 86.9 cm³/mol. The van der Waals surface area contributed by atoms with E-state index in [0.29, 0.717) is 25.2 Å². The van der Waals surface area contributed by atoms with Gasteiger partial charge in [-0.3, -0.25) is 0 Å². The molecule has 5 nitrogen and oxygen atoms in total. The number of hydrogen-bond donors (Lipinski definition) is 1. The molecule has 6 heteroatoms. The summed E-state index contributed by atoms with van der Waals surface area (Å²) in [6.45, 7) is 9.45. The molecule has 0 saturated carbocycles. The van der Waals surface area contributed by atoms with Crippen molar-refractivity contribution < 1.29 is 8.42 Å². The van der Waals surface area contributed by atoms with Gasteiger partial charge in [-0.05, 0) is 51.6 Å². The number of hydrogen-bond acceptors (Lipinski definition) is 4. The number of rotatable bonds is 5. The topological polar surface area (TPSA) is 52.6 Å². The van der Waals surface area contributed by atoms with E-state index in [1.54, 1.807) is 4.31 Å². The smallest absolute Gasteiger partial charge is 0.211 e. The lowest BCUT2D eigenvalue weighted by molar-refractivity contribution is 0.146. The van der Waals surface area contributed by atoms with Gasteiger partial charge in [0.2, 0.25) is 10.0 Å². The SMILES string of the molecule is CCN1CCCC(C(C)NC2CCN(S(C)(=O)=O)CC2)C1. The molecule has 0 bridgehead atoms. The minimum atomic E-state index is -3.01. The van der Waals surface area contributed by atoms with Crippen LogP contribution in [0.1, 0.15) is 39.5 Å². The highest BCUT2D eigenvalue weighted by molar-refractivity contribution is 7.88. The molecule has 0 aromatic carbocycles. The molecule has 2 aliphatic heterocycles. The van der Waals surface area contributed by atoms with Gasteiger partial charge in [-0.25, -0.2) is 12.7 Å². The monoisotopic (exact) mass is 317 g/mol. The molecule has 2 unspecified atom stereocenters. The van der Waals surface area contributed by atoms with Crippen molar-refractivity contribution in [3.63, 3.8) is 0 Å². The van der Waals surface area contributed by atoms with E-state index in [1.165, 1.54) is 32.2 Å². The molecule has 2 fully saturated rings. The second-order valence-electron chi connectivity index (χ2n) is 6.69. The number of nitrogens with one attached hydrogen (secondary N) is 1. The van der Waals surface area contributed by atoms with Gasteiger partial charge in [-0.1, -0.05) is 6.92 Å². The van der Waals surface area contributed by atoms with Crippen LogP contribution in [0.2, 0.25) is 0 Å². The van der Waals surface area contributed by atoms with Crippen molar-refractivity contribution in [2.75, 3.05) is 39.0 Å². The molecule has 2 aliphatic rings. The van der Waals surface area contributed by atoms with Gasteiger partial charge < -0.3 is 10.2 Å². The van der Waals surface area contributed by atoms with Crippen molar-refractivity contribution >= 4 is 10.0 Å². The average Bonchev–Trinajstić information content (AvgIpc) is 2.47. The molecule has 2 rings (SSSR count). The van der Waals surface area contributed by atoms with E-state index in [-0.39, 0.29) is 0 Å². The summed E-state index contributed by atoms with van der Waals surface area (Å²) in [4.78, 5) is 2.54. The molecule has 0 aromatic rings. The second kappa shape index (κ2) is 7.40. The molecule has 0 aliphatic carbocycles. The molecule has 0 aromatic heterocycles. The Morgan fingerprint density at radius 1 is 1.19 bits per heavy atom. The molecule has 2 saturated heterocycles. The van der Waals surface area contributed by atoms with Crippen LogP contribution in [0.25, 0.3) is 0 Å². The van der Waals surface area contributed by atoms with Gasteiger partial charge in [-0.15, -0.1) is 0 Å². The Morgan fingerprint density at radius 2 is 1.86 bits per heavy atom. The van der Waals surface area contributed by atoms with Crippen LogP contribution in [-0.4, -0.2) is 68.7 Å². The lowest BCUT2D eigenvalue weighted by Crippen LogP contribution is -2.51. The first-order valence-corrected chi connectivity index (χ1v) is 10.2. The van der Waals surface area contributed by atoms with Crippen molar-refractivity contribution in [2.45, 2.75) is 51.6 Å². The zero-order valence-corrected chi connectivity index (χ0v) is 14.5. The fourth-order valence-corrected chi connectivity index (χ4v) is 4.52. The Bertz CT molecular complexity index is 419. The molecular formula is C15H31N3O2S. The highest BCUT2D eigenvalue weighted by atomic mass is 32.2. The van der Waals surface area contributed by atoms with Crippen LogP contribution < -0.4 is 5.32 Å². The summed E-state index contributed by atoms with van der Waals surface area (Å²) in [5.74, 6) is 0.728. The summed E-state index contributed by atoms with van der Waals surface area (Å²) in [5, 5.41) is 3.76. The van der Waals surface area contributed by atoms with Gasteiger partial charge in [0.15, 0.2) is 0 Å². The largest absolute Gasteiger partial charge is 0.311 e. The van der Waals surface area contributed by atoms with E-state index in [9.17, 15) is 8.42 Å². The number of piperidine rings is 2. The Kier molecular flexibility index (Phi) is 6.05. The van der Waals surface area contributed by atoms with E-state index in [2.05, 4.69) is 24.1 Å². The molecule has 21 heavy (non-hydrogen) atoms. The van der Waals surface area contributed by atoms with E-state index in [1.807, 2.05) is 0 Å². The second-order valence-corrected chi connectivity index (χ2v) is 8.67. The highest BCUT2D eigenvalue weighted by Crippen LogP contribution is 2.21.